The standard InChI is InChI=1S/C12H22N2O3/c1-2-16-9-12(15)13-6-11-7-14-5-3-4-10(14)8-17-11/h10-11H,2-9H2,1H3,(H,13,15). The van der Waals surface area contributed by atoms with Crippen molar-refractivity contribution in [3.8, 4) is 0 Å². The van der Waals surface area contributed by atoms with E-state index in [0.29, 0.717) is 19.2 Å². The monoisotopic (exact) mass is 242 g/mol. The maximum atomic E-state index is 11.4. The third-order valence-electron chi connectivity index (χ3n) is 3.43. The number of carbonyl (C=O) groups excluding carboxylic acids is 1. The van der Waals surface area contributed by atoms with Crippen LogP contribution in [0.15, 0.2) is 0 Å². The van der Waals surface area contributed by atoms with E-state index in [1.54, 1.807) is 0 Å². The number of ether oxygens (including phenoxy) is 2. The first-order chi connectivity index (χ1) is 8.29. The fourth-order valence-electron chi connectivity index (χ4n) is 2.48. The molecule has 2 heterocycles. The minimum atomic E-state index is -0.0565. The molecule has 2 fully saturated rings. The van der Waals surface area contributed by atoms with Crippen LogP contribution in [0.4, 0.5) is 0 Å². The Balaban J connectivity index is 1.64. The molecule has 2 aliphatic rings. The number of morpholine rings is 1. The van der Waals surface area contributed by atoms with Gasteiger partial charge < -0.3 is 14.8 Å². The van der Waals surface area contributed by atoms with E-state index in [2.05, 4.69) is 10.2 Å². The predicted octanol–water partition coefficient (Wildman–Crippen LogP) is 0.00230. The van der Waals surface area contributed by atoms with Crippen LogP contribution in [0.25, 0.3) is 0 Å². The summed E-state index contributed by atoms with van der Waals surface area (Å²) in [6, 6.07) is 0.616. The van der Waals surface area contributed by atoms with Gasteiger partial charge in [0, 0.05) is 25.7 Å². The first-order valence-corrected chi connectivity index (χ1v) is 6.49. The summed E-state index contributed by atoms with van der Waals surface area (Å²) < 4.78 is 10.8. The Morgan fingerprint density at radius 3 is 3.29 bits per heavy atom. The number of carbonyl (C=O) groups is 1. The van der Waals surface area contributed by atoms with Crippen molar-refractivity contribution in [2.75, 3.05) is 39.5 Å². The number of nitrogens with one attached hydrogen (secondary N) is 1. The lowest BCUT2D eigenvalue weighted by Gasteiger charge is -2.35. The van der Waals surface area contributed by atoms with E-state index in [4.69, 9.17) is 9.47 Å². The summed E-state index contributed by atoms with van der Waals surface area (Å²) in [6.07, 6.45) is 2.66. The zero-order valence-corrected chi connectivity index (χ0v) is 10.5. The van der Waals surface area contributed by atoms with Crippen molar-refractivity contribution in [3.05, 3.63) is 0 Å². The summed E-state index contributed by atoms with van der Waals surface area (Å²) in [4.78, 5) is 13.8. The molecular formula is C12H22N2O3. The van der Waals surface area contributed by atoms with Gasteiger partial charge in [-0.2, -0.15) is 0 Å². The molecule has 2 rings (SSSR count). The molecule has 0 saturated carbocycles. The second kappa shape index (κ2) is 6.33. The van der Waals surface area contributed by atoms with Gasteiger partial charge in [-0.1, -0.05) is 0 Å². The average Bonchev–Trinajstić information content (AvgIpc) is 2.81. The highest BCUT2D eigenvalue weighted by Gasteiger charge is 2.32. The largest absolute Gasteiger partial charge is 0.373 e. The van der Waals surface area contributed by atoms with Gasteiger partial charge in [0.15, 0.2) is 0 Å². The van der Waals surface area contributed by atoms with Gasteiger partial charge in [-0.05, 0) is 26.3 Å². The Hall–Kier alpha value is -0.650. The van der Waals surface area contributed by atoms with Crippen molar-refractivity contribution in [2.24, 2.45) is 0 Å². The van der Waals surface area contributed by atoms with Gasteiger partial charge >= 0.3 is 0 Å². The molecule has 98 valence electrons. The molecule has 0 aromatic carbocycles. The van der Waals surface area contributed by atoms with Crippen molar-refractivity contribution in [3.63, 3.8) is 0 Å². The molecule has 0 aliphatic carbocycles. The van der Waals surface area contributed by atoms with Gasteiger partial charge in [-0.3, -0.25) is 9.69 Å². The molecule has 17 heavy (non-hydrogen) atoms. The van der Waals surface area contributed by atoms with Gasteiger partial charge in [-0.25, -0.2) is 0 Å². The first-order valence-electron chi connectivity index (χ1n) is 6.49. The third-order valence-corrected chi connectivity index (χ3v) is 3.43. The maximum Gasteiger partial charge on any atom is 0.246 e. The molecule has 5 nitrogen and oxygen atoms in total. The molecule has 0 spiro atoms. The molecular weight excluding hydrogens is 220 g/mol. The quantitative estimate of drug-likeness (QED) is 0.737. The Bertz CT molecular complexity index is 260. The average molecular weight is 242 g/mol. The SMILES string of the molecule is CCOCC(=O)NCC1CN2CCCC2CO1. The lowest BCUT2D eigenvalue weighted by atomic mass is 10.2. The van der Waals surface area contributed by atoms with Gasteiger partial charge in [0.1, 0.15) is 6.61 Å². The number of amides is 1. The van der Waals surface area contributed by atoms with Crippen LogP contribution in [-0.4, -0.2) is 62.4 Å². The normalized spacial score (nSPS) is 29.0. The van der Waals surface area contributed by atoms with Crippen molar-refractivity contribution in [2.45, 2.75) is 31.9 Å². The summed E-state index contributed by atoms with van der Waals surface area (Å²) in [5, 5.41) is 2.85. The molecule has 2 aliphatic heterocycles. The zero-order chi connectivity index (χ0) is 12.1. The van der Waals surface area contributed by atoms with Crippen molar-refractivity contribution < 1.29 is 14.3 Å². The summed E-state index contributed by atoms with van der Waals surface area (Å²) in [6.45, 7) is 6.13. The minimum absolute atomic E-state index is 0.0565. The molecule has 5 heteroatoms. The molecule has 2 saturated heterocycles. The van der Waals surface area contributed by atoms with Crippen LogP contribution in [0.2, 0.25) is 0 Å². The number of rotatable bonds is 5. The topological polar surface area (TPSA) is 50.8 Å². The summed E-state index contributed by atoms with van der Waals surface area (Å²) in [7, 11) is 0. The van der Waals surface area contributed by atoms with Gasteiger partial charge in [0.05, 0.1) is 12.7 Å². The van der Waals surface area contributed by atoms with E-state index in [9.17, 15) is 4.79 Å². The third kappa shape index (κ3) is 3.66. The summed E-state index contributed by atoms with van der Waals surface area (Å²) in [5.74, 6) is -0.0565. The van der Waals surface area contributed by atoms with Crippen molar-refractivity contribution in [1.29, 1.82) is 0 Å². The highest BCUT2D eigenvalue weighted by Crippen LogP contribution is 2.22. The smallest absolute Gasteiger partial charge is 0.246 e. The van der Waals surface area contributed by atoms with E-state index >= 15 is 0 Å². The maximum absolute atomic E-state index is 11.4. The lowest BCUT2D eigenvalue weighted by molar-refractivity contribution is -0.127. The molecule has 1 N–H and O–H groups in total. The van der Waals surface area contributed by atoms with Crippen LogP contribution in [-0.2, 0) is 14.3 Å². The highest BCUT2D eigenvalue weighted by molar-refractivity contribution is 5.77. The van der Waals surface area contributed by atoms with Gasteiger partial charge in [0.2, 0.25) is 5.91 Å². The Morgan fingerprint density at radius 1 is 1.59 bits per heavy atom. The van der Waals surface area contributed by atoms with Crippen molar-refractivity contribution in [1.82, 2.24) is 10.2 Å². The van der Waals surface area contributed by atoms with E-state index in [-0.39, 0.29) is 18.6 Å². The fraction of sp³-hybridized carbons (Fsp3) is 0.917. The van der Waals surface area contributed by atoms with Crippen LogP contribution in [0.5, 0.6) is 0 Å². The Kier molecular flexibility index (Phi) is 4.76. The molecule has 0 bridgehead atoms. The molecule has 0 radical (unpaired) electrons. The van der Waals surface area contributed by atoms with Crippen molar-refractivity contribution >= 4 is 5.91 Å². The summed E-state index contributed by atoms with van der Waals surface area (Å²) >= 11 is 0. The van der Waals surface area contributed by atoms with Gasteiger partial charge in [-0.15, -0.1) is 0 Å². The molecule has 2 atom stereocenters. The van der Waals surface area contributed by atoms with Gasteiger partial charge in [0.25, 0.3) is 0 Å². The van der Waals surface area contributed by atoms with Crippen LogP contribution in [0, 0.1) is 0 Å². The number of fused-ring (bicyclic) bond motifs is 1. The van der Waals surface area contributed by atoms with E-state index in [1.807, 2.05) is 6.92 Å². The Labute approximate surface area is 102 Å². The minimum Gasteiger partial charge on any atom is -0.373 e. The molecule has 1 amide bonds. The Morgan fingerprint density at radius 2 is 2.47 bits per heavy atom. The fourth-order valence-corrected chi connectivity index (χ4v) is 2.48. The van der Waals surface area contributed by atoms with Crippen LogP contribution in [0.1, 0.15) is 19.8 Å². The van der Waals surface area contributed by atoms with E-state index in [0.717, 1.165) is 13.2 Å². The molecule has 0 aromatic rings. The summed E-state index contributed by atoms with van der Waals surface area (Å²) in [5.41, 5.74) is 0. The number of hydrogen-bond acceptors (Lipinski definition) is 4. The molecule has 0 aromatic heterocycles. The van der Waals surface area contributed by atoms with E-state index < -0.39 is 0 Å². The molecule has 2 unspecified atom stereocenters. The zero-order valence-electron chi connectivity index (χ0n) is 10.5. The highest BCUT2D eigenvalue weighted by atomic mass is 16.5. The van der Waals surface area contributed by atoms with E-state index in [1.165, 1.54) is 19.4 Å². The second-order valence-corrected chi connectivity index (χ2v) is 4.69. The van der Waals surface area contributed by atoms with Crippen LogP contribution in [0.3, 0.4) is 0 Å². The number of nitrogens with zero attached hydrogens (tertiary/aromatic N) is 1. The lowest BCUT2D eigenvalue weighted by Crippen LogP contribution is -2.50. The van der Waals surface area contributed by atoms with Crippen LogP contribution >= 0.6 is 0 Å². The number of hydrogen-bond donors (Lipinski definition) is 1. The first kappa shape index (κ1) is 12.8. The van der Waals surface area contributed by atoms with Crippen LogP contribution < -0.4 is 5.32 Å². The predicted molar refractivity (Wildman–Crippen MR) is 63.8 cm³/mol. The second-order valence-electron chi connectivity index (χ2n) is 4.69.